The Bertz CT molecular complexity index is 513. The fourth-order valence-corrected chi connectivity index (χ4v) is 2.13. The summed E-state index contributed by atoms with van der Waals surface area (Å²) in [6.07, 6.45) is 4.43. The van der Waals surface area contributed by atoms with Crippen molar-refractivity contribution in [3.8, 4) is 0 Å². The number of hydrogen-bond acceptors (Lipinski definition) is 2. The third-order valence-electron chi connectivity index (χ3n) is 3.12. The Balaban J connectivity index is 2.25. The SMILES string of the molecule is CNC(Cc1nccn1C)c1cc(C)cc(F)c1. The predicted molar refractivity (Wildman–Crippen MR) is 69.8 cm³/mol. The number of aromatic nitrogens is 2. The second kappa shape index (κ2) is 5.31. The van der Waals surface area contributed by atoms with E-state index >= 15 is 0 Å². The van der Waals surface area contributed by atoms with Crippen LogP contribution in [-0.2, 0) is 13.5 Å². The Morgan fingerprint density at radius 3 is 2.72 bits per heavy atom. The molecule has 1 unspecified atom stereocenters. The fourth-order valence-electron chi connectivity index (χ4n) is 2.13. The van der Waals surface area contributed by atoms with Crippen LogP contribution in [0.1, 0.15) is 23.0 Å². The van der Waals surface area contributed by atoms with Crippen LogP contribution in [0.25, 0.3) is 0 Å². The maximum atomic E-state index is 13.4. The molecule has 0 bridgehead atoms. The van der Waals surface area contributed by atoms with E-state index in [1.165, 1.54) is 6.07 Å². The molecule has 18 heavy (non-hydrogen) atoms. The molecule has 0 aliphatic carbocycles. The van der Waals surface area contributed by atoms with Gasteiger partial charge in [-0.3, -0.25) is 0 Å². The minimum absolute atomic E-state index is 0.0699. The Kier molecular flexibility index (Phi) is 3.77. The largest absolute Gasteiger partial charge is 0.338 e. The molecule has 0 aliphatic heterocycles. The van der Waals surface area contributed by atoms with Gasteiger partial charge in [-0.15, -0.1) is 0 Å². The van der Waals surface area contributed by atoms with E-state index in [1.54, 1.807) is 12.3 Å². The average Bonchev–Trinajstić information content (AvgIpc) is 2.70. The molecule has 0 saturated heterocycles. The first-order chi connectivity index (χ1) is 8.60. The smallest absolute Gasteiger partial charge is 0.123 e. The molecule has 1 heterocycles. The summed E-state index contributed by atoms with van der Waals surface area (Å²) in [6.45, 7) is 1.90. The highest BCUT2D eigenvalue weighted by molar-refractivity contribution is 5.27. The molecule has 1 aromatic carbocycles. The molecule has 0 spiro atoms. The van der Waals surface area contributed by atoms with Gasteiger partial charge in [0.15, 0.2) is 0 Å². The van der Waals surface area contributed by atoms with Crippen molar-refractivity contribution in [2.75, 3.05) is 7.05 Å². The maximum absolute atomic E-state index is 13.4. The number of likely N-dealkylation sites (N-methyl/N-ethyl adjacent to an activating group) is 1. The summed E-state index contributed by atoms with van der Waals surface area (Å²) in [6, 6.07) is 5.20. The first-order valence-corrected chi connectivity index (χ1v) is 6.00. The van der Waals surface area contributed by atoms with Gasteiger partial charge in [0.1, 0.15) is 11.6 Å². The van der Waals surface area contributed by atoms with Gasteiger partial charge in [0.05, 0.1) is 0 Å². The van der Waals surface area contributed by atoms with Crippen molar-refractivity contribution in [3.63, 3.8) is 0 Å². The summed E-state index contributed by atoms with van der Waals surface area (Å²) in [5.41, 5.74) is 1.89. The highest BCUT2D eigenvalue weighted by Crippen LogP contribution is 2.19. The van der Waals surface area contributed by atoms with Gasteiger partial charge < -0.3 is 9.88 Å². The van der Waals surface area contributed by atoms with Crippen LogP contribution >= 0.6 is 0 Å². The van der Waals surface area contributed by atoms with Gasteiger partial charge in [-0.05, 0) is 37.2 Å². The van der Waals surface area contributed by atoms with Crippen molar-refractivity contribution in [3.05, 3.63) is 53.4 Å². The van der Waals surface area contributed by atoms with Gasteiger partial charge in [0, 0.05) is 31.9 Å². The van der Waals surface area contributed by atoms with E-state index in [0.717, 1.165) is 23.4 Å². The Morgan fingerprint density at radius 1 is 1.39 bits per heavy atom. The molecule has 0 radical (unpaired) electrons. The Hall–Kier alpha value is -1.68. The molecule has 0 saturated carbocycles. The van der Waals surface area contributed by atoms with Crippen LogP contribution in [0.5, 0.6) is 0 Å². The van der Waals surface area contributed by atoms with Crippen LogP contribution in [0, 0.1) is 12.7 Å². The zero-order valence-corrected chi connectivity index (χ0v) is 10.9. The molecule has 4 heteroatoms. The van der Waals surface area contributed by atoms with Crippen LogP contribution in [0.4, 0.5) is 4.39 Å². The standard InChI is InChI=1S/C14H18FN3/c1-10-6-11(8-12(15)7-10)13(16-2)9-14-17-4-5-18(14)3/h4-8,13,16H,9H2,1-3H3. The van der Waals surface area contributed by atoms with Crippen molar-refractivity contribution in [2.24, 2.45) is 7.05 Å². The maximum Gasteiger partial charge on any atom is 0.123 e. The highest BCUT2D eigenvalue weighted by Gasteiger charge is 2.13. The van der Waals surface area contributed by atoms with E-state index < -0.39 is 0 Å². The van der Waals surface area contributed by atoms with Gasteiger partial charge in [-0.25, -0.2) is 9.37 Å². The van der Waals surface area contributed by atoms with Crippen LogP contribution < -0.4 is 5.32 Å². The summed E-state index contributed by atoms with van der Waals surface area (Å²) >= 11 is 0. The lowest BCUT2D eigenvalue weighted by Gasteiger charge is -2.17. The van der Waals surface area contributed by atoms with Gasteiger partial charge in [-0.2, -0.15) is 0 Å². The summed E-state index contributed by atoms with van der Waals surface area (Å²) in [4.78, 5) is 4.30. The summed E-state index contributed by atoms with van der Waals surface area (Å²) in [5, 5.41) is 3.22. The van der Waals surface area contributed by atoms with Crippen molar-refractivity contribution in [1.29, 1.82) is 0 Å². The van der Waals surface area contributed by atoms with Crippen LogP contribution in [-0.4, -0.2) is 16.6 Å². The number of nitrogens with zero attached hydrogens (tertiary/aromatic N) is 2. The minimum atomic E-state index is -0.190. The molecule has 0 fully saturated rings. The third-order valence-corrected chi connectivity index (χ3v) is 3.12. The normalized spacial score (nSPS) is 12.7. The lowest BCUT2D eigenvalue weighted by Crippen LogP contribution is -2.20. The molecule has 2 rings (SSSR count). The Morgan fingerprint density at radius 2 is 2.17 bits per heavy atom. The minimum Gasteiger partial charge on any atom is -0.338 e. The molecular weight excluding hydrogens is 229 g/mol. The Labute approximate surface area is 107 Å². The second-order valence-corrected chi connectivity index (χ2v) is 4.56. The van der Waals surface area contributed by atoms with Crippen LogP contribution in [0.2, 0.25) is 0 Å². The molecule has 0 aliphatic rings. The van der Waals surface area contributed by atoms with Gasteiger partial charge >= 0.3 is 0 Å². The number of hydrogen-bond donors (Lipinski definition) is 1. The number of aryl methyl sites for hydroxylation is 2. The fraction of sp³-hybridized carbons (Fsp3) is 0.357. The zero-order valence-electron chi connectivity index (χ0n) is 10.9. The average molecular weight is 247 g/mol. The number of nitrogens with one attached hydrogen (secondary N) is 1. The molecular formula is C14H18FN3. The predicted octanol–water partition coefficient (Wildman–Crippen LogP) is 2.37. The van der Waals surface area contributed by atoms with Crippen LogP contribution in [0.15, 0.2) is 30.6 Å². The van der Waals surface area contributed by atoms with E-state index in [2.05, 4.69) is 10.3 Å². The summed E-state index contributed by atoms with van der Waals surface area (Å²) < 4.78 is 15.4. The van der Waals surface area contributed by atoms with Gasteiger partial charge in [0.2, 0.25) is 0 Å². The summed E-state index contributed by atoms with van der Waals surface area (Å²) in [7, 11) is 3.85. The monoisotopic (exact) mass is 247 g/mol. The van der Waals surface area contributed by atoms with Crippen LogP contribution in [0.3, 0.4) is 0 Å². The van der Waals surface area contributed by atoms with E-state index in [1.807, 2.05) is 37.8 Å². The molecule has 1 N–H and O–H groups in total. The van der Waals surface area contributed by atoms with E-state index in [4.69, 9.17) is 0 Å². The van der Waals surface area contributed by atoms with Crippen molar-refractivity contribution in [2.45, 2.75) is 19.4 Å². The second-order valence-electron chi connectivity index (χ2n) is 4.56. The van der Waals surface area contributed by atoms with Gasteiger partial charge in [0.25, 0.3) is 0 Å². The molecule has 0 amide bonds. The van der Waals surface area contributed by atoms with E-state index in [-0.39, 0.29) is 11.9 Å². The number of benzene rings is 1. The topological polar surface area (TPSA) is 29.9 Å². The third kappa shape index (κ3) is 2.76. The number of halogens is 1. The molecule has 96 valence electrons. The quantitative estimate of drug-likeness (QED) is 0.899. The molecule has 2 aromatic rings. The molecule has 1 atom stereocenters. The first-order valence-electron chi connectivity index (χ1n) is 6.00. The van der Waals surface area contributed by atoms with Crippen molar-refractivity contribution < 1.29 is 4.39 Å². The van der Waals surface area contributed by atoms with E-state index in [9.17, 15) is 4.39 Å². The number of imidazole rings is 1. The molecule has 3 nitrogen and oxygen atoms in total. The highest BCUT2D eigenvalue weighted by atomic mass is 19.1. The van der Waals surface area contributed by atoms with Crippen molar-refractivity contribution >= 4 is 0 Å². The molecule has 1 aromatic heterocycles. The zero-order chi connectivity index (χ0) is 13.1. The lowest BCUT2D eigenvalue weighted by atomic mass is 10.0. The lowest BCUT2D eigenvalue weighted by molar-refractivity contribution is 0.554. The van der Waals surface area contributed by atoms with Gasteiger partial charge in [-0.1, -0.05) is 6.07 Å². The van der Waals surface area contributed by atoms with E-state index in [0.29, 0.717) is 0 Å². The number of rotatable bonds is 4. The van der Waals surface area contributed by atoms with Crippen molar-refractivity contribution in [1.82, 2.24) is 14.9 Å². The first kappa shape index (κ1) is 12.8. The summed E-state index contributed by atoms with van der Waals surface area (Å²) in [5.74, 6) is 0.793.